The highest BCUT2D eigenvalue weighted by molar-refractivity contribution is 8.13. The molecule has 2 aliphatic rings. The van der Waals surface area contributed by atoms with E-state index < -0.39 is 0 Å². The number of amidine groups is 1. The average molecular weight is 274 g/mol. The van der Waals surface area contributed by atoms with E-state index in [0.29, 0.717) is 6.04 Å². The molecule has 3 heteroatoms. The van der Waals surface area contributed by atoms with Gasteiger partial charge in [0, 0.05) is 18.3 Å². The highest BCUT2D eigenvalue weighted by atomic mass is 32.2. The summed E-state index contributed by atoms with van der Waals surface area (Å²) in [6.45, 7) is 3.08. The van der Waals surface area contributed by atoms with E-state index in [9.17, 15) is 0 Å². The predicted molar refractivity (Wildman–Crippen MR) is 83.9 cm³/mol. The molecule has 102 valence electrons. The second-order valence-electron chi connectivity index (χ2n) is 5.62. The van der Waals surface area contributed by atoms with Crippen LogP contribution in [0.4, 0.5) is 0 Å². The smallest absolute Gasteiger partial charge is 0.156 e. The molecule has 1 saturated carbocycles. The van der Waals surface area contributed by atoms with Gasteiger partial charge in [-0.2, -0.15) is 0 Å². The quantitative estimate of drug-likeness (QED) is 0.913. The Hall–Kier alpha value is -0.960. The molecule has 19 heavy (non-hydrogen) atoms. The first kappa shape index (κ1) is 13.0. The van der Waals surface area contributed by atoms with Crippen molar-refractivity contribution in [1.82, 2.24) is 5.32 Å². The fraction of sp³-hybridized carbons (Fsp3) is 0.562. The maximum atomic E-state index is 4.75. The fourth-order valence-corrected chi connectivity index (χ4v) is 4.26. The molecule has 0 bridgehead atoms. The summed E-state index contributed by atoms with van der Waals surface area (Å²) in [5.41, 5.74) is 2.80. The summed E-state index contributed by atoms with van der Waals surface area (Å²) in [6, 6.07) is 9.32. The Morgan fingerprint density at radius 2 is 2.21 bits per heavy atom. The van der Waals surface area contributed by atoms with E-state index in [1.807, 2.05) is 11.8 Å². The van der Waals surface area contributed by atoms with Gasteiger partial charge in [0.2, 0.25) is 0 Å². The van der Waals surface area contributed by atoms with Crippen molar-refractivity contribution in [3.63, 3.8) is 0 Å². The summed E-state index contributed by atoms with van der Waals surface area (Å²) >= 11 is 1.92. The molecule has 1 saturated heterocycles. The van der Waals surface area contributed by atoms with E-state index in [4.69, 9.17) is 4.99 Å². The molecule has 0 aromatic heterocycles. The number of nitrogens with one attached hydrogen (secondary N) is 1. The van der Waals surface area contributed by atoms with Gasteiger partial charge in [-0.05, 0) is 43.2 Å². The lowest BCUT2D eigenvalue weighted by atomic mass is 10.1. The van der Waals surface area contributed by atoms with Gasteiger partial charge in [-0.15, -0.1) is 0 Å². The fourth-order valence-electron chi connectivity index (χ4n) is 3.07. The highest BCUT2D eigenvalue weighted by Crippen LogP contribution is 2.32. The molecule has 1 aliphatic heterocycles. The van der Waals surface area contributed by atoms with E-state index in [1.54, 1.807) is 0 Å². The largest absolute Gasteiger partial charge is 0.362 e. The summed E-state index contributed by atoms with van der Waals surface area (Å²) in [7, 11) is 0. The zero-order valence-electron chi connectivity index (χ0n) is 11.6. The number of aliphatic imine (C=N–C) groups is 1. The molecular formula is C16H22N2S. The van der Waals surface area contributed by atoms with Crippen LogP contribution in [-0.2, 0) is 6.42 Å². The van der Waals surface area contributed by atoms with Gasteiger partial charge >= 0.3 is 0 Å². The molecule has 3 rings (SSSR count). The lowest BCUT2D eigenvalue weighted by Crippen LogP contribution is -2.41. The molecule has 0 radical (unpaired) electrons. The third kappa shape index (κ3) is 3.14. The Balaban J connectivity index is 1.54. The minimum atomic E-state index is 0.707. The zero-order chi connectivity index (χ0) is 13.1. The predicted octanol–water partition coefficient (Wildman–Crippen LogP) is 3.40. The number of hydrogen-bond donors (Lipinski definition) is 1. The zero-order valence-corrected chi connectivity index (χ0v) is 12.4. The molecule has 2 atom stereocenters. The Kier molecular flexibility index (Phi) is 4.12. The van der Waals surface area contributed by atoms with Crippen LogP contribution in [0.15, 0.2) is 29.3 Å². The van der Waals surface area contributed by atoms with Crippen LogP contribution in [0, 0.1) is 12.8 Å². The van der Waals surface area contributed by atoms with Gasteiger partial charge < -0.3 is 5.32 Å². The molecule has 0 spiro atoms. The van der Waals surface area contributed by atoms with Gasteiger partial charge in [-0.25, -0.2) is 0 Å². The van der Waals surface area contributed by atoms with E-state index in [2.05, 4.69) is 36.5 Å². The first-order valence-electron chi connectivity index (χ1n) is 7.31. The third-order valence-electron chi connectivity index (χ3n) is 4.30. The molecule has 1 heterocycles. The normalized spacial score (nSPS) is 28.2. The van der Waals surface area contributed by atoms with Gasteiger partial charge in [0.05, 0.1) is 0 Å². The molecule has 1 aromatic carbocycles. The summed E-state index contributed by atoms with van der Waals surface area (Å²) in [4.78, 5) is 4.75. The first-order valence-corrected chi connectivity index (χ1v) is 8.30. The Labute approximate surface area is 120 Å². The Bertz CT molecular complexity index is 470. The second-order valence-corrected chi connectivity index (χ2v) is 6.62. The molecule has 2 nitrogen and oxygen atoms in total. The van der Waals surface area contributed by atoms with Crippen molar-refractivity contribution in [3.8, 4) is 0 Å². The SMILES string of the molecule is Cc1ccccc1CCN=C1NC2CCCC2CS1. The number of thioether (sulfide) groups is 1. The number of benzene rings is 1. The minimum Gasteiger partial charge on any atom is -0.362 e. The van der Waals surface area contributed by atoms with Crippen LogP contribution in [0.5, 0.6) is 0 Å². The lowest BCUT2D eigenvalue weighted by molar-refractivity contribution is 0.490. The van der Waals surface area contributed by atoms with Crippen LogP contribution in [0.25, 0.3) is 0 Å². The molecule has 1 aliphatic carbocycles. The van der Waals surface area contributed by atoms with Crippen molar-refractivity contribution in [1.29, 1.82) is 0 Å². The minimum absolute atomic E-state index is 0.707. The third-order valence-corrected chi connectivity index (χ3v) is 5.42. The molecule has 0 amide bonds. The summed E-state index contributed by atoms with van der Waals surface area (Å²) in [6.07, 6.45) is 5.18. The van der Waals surface area contributed by atoms with Crippen molar-refractivity contribution < 1.29 is 0 Å². The van der Waals surface area contributed by atoms with Crippen LogP contribution in [0.2, 0.25) is 0 Å². The highest BCUT2D eigenvalue weighted by Gasteiger charge is 2.31. The summed E-state index contributed by atoms with van der Waals surface area (Å²) < 4.78 is 0. The van der Waals surface area contributed by atoms with Crippen LogP contribution in [0.1, 0.15) is 30.4 Å². The summed E-state index contributed by atoms with van der Waals surface area (Å²) in [5.74, 6) is 2.15. The first-order chi connectivity index (χ1) is 9.33. The van der Waals surface area contributed by atoms with E-state index in [1.165, 1.54) is 41.3 Å². The Morgan fingerprint density at radius 3 is 3.11 bits per heavy atom. The van der Waals surface area contributed by atoms with Crippen LogP contribution < -0.4 is 5.32 Å². The molecule has 2 unspecified atom stereocenters. The molecule has 1 N–H and O–H groups in total. The Morgan fingerprint density at radius 1 is 1.32 bits per heavy atom. The van der Waals surface area contributed by atoms with Gasteiger partial charge in [-0.1, -0.05) is 42.4 Å². The summed E-state index contributed by atoms with van der Waals surface area (Å²) in [5, 5.41) is 4.81. The van der Waals surface area contributed by atoms with Crippen molar-refractivity contribution in [2.75, 3.05) is 12.3 Å². The number of nitrogens with zero attached hydrogens (tertiary/aromatic N) is 1. The topological polar surface area (TPSA) is 24.4 Å². The van der Waals surface area contributed by atoms with E-state index in [-0.39, 0.29) is 0 Å². The van der Waals surface area contributed by atoms with Crippen molar-refractivity contribution in [2.24, 2.45) is 10.9 Å². The number of aryl methyl sites for hydroxylation is 1. The molecule has 2 fully saturated rings. The molecular weight excluding hydrogens is 252 g/mol. The van der Waals surface area contributed by atoms with E-state index >= 15 is 0 Å². The monoisotopic (exact) mass is 274 g/mol. The standard InChI is InChI=1S/C16H22N2S/c1-12-5-2-3-6-13(12)9-10-17-16-18-15-8-4-7-14(15)11-19-16/h2-3,5-6,14-15H,4,7-11H2,1H3,(H,17,18). The van der Waals surface area contributed by atoms with Crippen LogP contribution in [-0.4, -0.2) is 23.5 Å². The van der Waals surface area contributed by atoms with E-state index in [0.717, 1.165) is 18.9 Å². The second kappa shape index (κ2) is 6.00. The maximum Gasteiger partial charge on any atom is 0.156 e. The molecule has 1 aromatic rings. The van der Waals surface area contributed by atoms with Gasteiger partial charge in [0.1, 0.15) is 0 Å². The number of fused-ring (bicyclic) bond motifs is 1. The van der Waals surface area contributed by atoms with Crippen LogP contribution in [0.3, 0.4) is 0 Å². The van der Waals surface area contributed by atoms with Crippen LogP contribution >= 0.6 is 11.8 Å². The van der Waals surface area contributed by atoms with Gasteiger partial charge in [0.25, 0.3) is 0 Å². The average Bonchev–Trinajstić information content (AvgIpc) is 2.88. The van der Waals surface area contributed by atoms with Crippen molar-refractivity contribution in [2.45, 2.75) is 38.6 Å². The van der Waals surface area contributed by atoms with Crippen molar-refractivity contribution in [3.05, 3.63) is 35.4 Å². The van der Waals surface area contributed by atoms with Gasteiger partial charge in [-0.3, -0.25) is 4.99 Å². The van der Waals surface area contributed by atoms with Gasteiger partial charge in [0.15, 0.2) is 5.17 Å². The number of rotatable bonds is 3. The lowest BCUT2D eigenvalue weighted by Gasteiger charge is -2.28. The number of hydrogen-bond acceptors (Lipinski definition) is 2. The maximum absolute atomic E-state index is 4.75. The van der Waals surface area contributed by atoms with Crippen molar-refractivity contribution >= 4 is 16.9 Å².